The van der Waals surface area contributed by atoms with Crippen LogP contribution in [-0.2, 0) is 4.79 Å². The Morgan fingerprint density at radius 1 is 1.15 bits per heavy atom. The lowest BCUT2D eigenvalue weighted by Crippen LogP contribution is -2.54. The molecular formula is C17H29NO2. The van der Waals surface area contributed by atoms with Crippen molar-refractivity contribution < 1.29 is 9.90 Å². The Hall–Kier alpha value is -0.570. The highest BCUT2D eigenvalue weighted by atomic mass is 16.3. The number of aliphatic hydroxyl groups excluding tert-OH is 1. The molecule has 0 saturated heterocycles. The third kappa shape index (κ3) is 2.74. The fourth-order valence-electron chi connectivity index (χ4n) is 5.51. The van der Waals surface area contributed by atoms with Crippen LogP contribution >= 0.6 is 0 Å². The number of nitrogens with one attached hydrogen (secondary N) is 1. The van der Waals surface area contributed by atoms with Crippen LogP contribution in [0.3, 0.4) is 0 Å². The molecule has 4 bridgehead atoms. The summed E-state index contributed by atoms with van der Waals surface area (Å²) < 4.78 is 0. The Morgan fingerprint density at radius 3 is 2.10 bits per heavy atom. The Kier molecular flexibility index (Phi) is 3.83. The summed E-state index contributed by atoms with van der Waals surface area (Å²) in [4.78, 5) is 12.7. The molecule has 20 heavy (non-hydrogen) atoms. The minimum absolute atomic E-state index is 0.0285. The van der Waals surface area contributed by atoms with Crippen molar-refractivity contribution in [3.05, 3.63) is 0 Å². The molecule has 4 aliphatic rings. The highest BCUT2D eigenvalue weighted by Gasteiger charge is 2.54. The van der Waals surface area contributed by atoms with Crippen molar-refractivity contribution in [1.82, 2.24) is 5.32 Å². The van der Waals surface area contributed by atoms with Gasteiger partial charge in [-0.25, -0.2) is 0 Å². The molecular weight excluding hydrogens is 250 g/mol. The quantitative estimate of drug-likeness (QED) is 0.813. The first kappa shape index (κ1) is 14.4. The van der Waals surface area contributed by atoms with E-state index in [0.717, 1.165) is 43.4 Å². The average molecular weight is 279 g/mol. The molecule has 0 aromatic heterocycles. The van der Waals surface area contributed by atoms with E-state index in [1.807, 2.05) is 6.92 Å². The average Bonchev–Trinajstić information content (AvgIpc) is 2.33. The molecule has 1 amide bonds. The van der Waals surface area contributed by atoms with Gasteiger partial charge in [0.15, 0.2) is 0 Å². The minimum Gasteiger partial charge on any atom is -0.393 e. The molecule has 4 rings (SSSR count). The van der Waals surface area contributed by atoms with Crippen LogP contribution in [0, 0.1) is 29.1 Å². The van der Waals surface area contributed by atoms with E-state index in [2.05, 4.69) is 12.2 Å². The molecule has 0 aliphatic heterocycles. The Morgan fingerprint density at radius 2 is 1.65 bits per heavy atom. The maximum absolute atomic E-state index is 12.7. The van der Waals surface area contributed by atoms with Crippen LogP contribution in [-0.4, -0.2) is 23.7 Å². The molecule has 0 heterocycles. The number of aliphatic hydroxyl groups is 1. The lowest BCUT2D eigenvalue weighted by atomic mass is 9.49. The van der Waals surface area contributed by atoms with Gasteiger partial charge in [-0.3, -0.25) is 4.79 Å². The minimum atomic E-state index is -0.276. The SMILES string of the molecule is CC(O)CC(C)CNC(=O)C12CC3CC(CC(C3)C1)C2. The monoisotopic (exact) mass is 279 g/mol. The largest absolute Gasteiger partial charge is 0.393 e. The number of hydrogen-bond donors (Lipinski definition) is 2. The van der Waals surface area contributed by atoms with Gasteiger partial charge in [0.05, 0.1) is 6.10 Å². The van der Waals surface area contributed by atoms with E-state index in [1.54, 1.807) is 0 Å². The molecule has 2 N–H and O–H groups in total. The summed E-state index contributed by atoms with van der Waals surface area (Å²) in [6, 6.07) is 0. The number of carbonyl (C=O) groups is 1. The molecule has 114 valence electrons. The van der Waals surface area contributed by atoms with Gasteiger partial charge in [-0.05, 0) is 75.5 Å². The van der Waals surface area contributed by atoms with E-state index in [9.17, 15) is 9.90 Å². The number of hydrogen-bond acceptors (Lipinski definition) is 2. The number of carbonyl (C=O) groups excluding carboxylic acids is 1. The zero-order valence-corrected chi connectivity index (χ0v) is 12.9. The summed E-state index contributed by atoms with van der Waals surface area (Å²) >= 11 is 0. The normalized spacial score (nSPS) is 41.5. The molecule has 4 aliphatic carbocycles. The second-order valence-corrected chi connectivity index (χ2v) is 8.10. The van der Waals surface area contributed by atoms with Gasteiger partial charge in [-0.15, -0.1) is 0 Å². The van der Waals surface area contributed by atoms with E-state index in [1.165, 1.54) is 19.3 Å². The molecule has 3 nitrogen and oxygen atoms in total. The summed E-state index contributed by atoms with van der Waals surface area (Å²) in [7, 11) is 0. The number of amides is 1. The predicted molar refractivity (Wildman–Crippen MR) is 79.1 cm³/mol. The third-order valence-electron chi connectivity index (χ3n) is 5.87. The van der Waals surface area contributed by atoms with Gasteiger partial charge in [-0.2, -0.15) is 0 Å². The van der Waals surface area contributed by atoms with Crippen molar-refractivity contribution in [2.45, 2.75) is 64.9 Å². The highest BCUT2D eigenvalue weighted by molar-refractivity contribution is 5.83. The summed E-state index contributed by atoms with van der Waals surface area (Å²) in [5, 5.41) is 12.6. The summed E-state index contributed by atoms with van der Waals surface area (Å²) in [5.41, 5.74) is -0.0285. The molecule has 0 radical (unpaired) electrons. The van der Waals surface area contributed by atoms with Crippen LogP contribution in [0.5, 0.6) is 0 Å². The van der Waals surface area contributed by atoms with Gasteiger partial charge in [0.25, 0.3) is 0 Å². The van der Waals surface area contributed by atoms with E-state index < -0.39 is 0 Å². The zero-order chi connectivity index (χ0) is 14.3. The first-order chi connectivity index (χ1) is 9.47. The lowest BCUT2D eigenvalue weighted by Gasteiger charge is -2.55. The maximum atomic E-state index is 12.7. The fourth-order valence-corrected chi connectivity index (χ4v) is 5.51. The maximum Gasteiger partial charge on any atom is 0.226 e. The van der Waals surface area contributed by atoms with Crippen LogP contribution in [0.4, 0.5) is 0 Å². The van der Waals surface area contributed by atoms with Crippen molar-refractivity contribution >= 4 is 5.91 Å². The van der Waals surface area contributed by atoms with E-state index in [4.69, 9.17) is 0 Å². The Balaban J connectivity index is 1.57. The van der Waals surface area contributed by atoms with Gasteiger partial charge in [-0.1, -0.05) is 6.92 Å². The lowest BCUT2D eigenvalue weighted by molar-refractivity contribution is -0.146. The molecule has 4 saturated carbocycles. The van der Waals surface area contributed by atoms with Crippen molar-refractivity contribution in [3.8, 4) is 0 Å². The zero-order valence-electron chi connectivity index (χ0n) is 12.9. The van der Waals surface area contributed by atoms with Gasteiger partial charge in [0.2, 0.25) is 5.91 Å². The fraction of sp³-hybridized carbons (Fsp3) is 0.941. The smallest absolute Gasteiger partial charge is 0.226 e. The number of rotatable bonds is 5. The van der Waals surface area contributed by atoms with Crippen LogP contribution < -0.4 is 5.32 Å². The Bertz CT molecular complexity index is 342. The molecule has 0 aromatic rings. The predicted octanol–water partition coefficient (Wildman–Crippen LogP) is 2.73. The van der Waals surface area contributed by atoms with Gasteiger partial charge in [0.1, 0.15) is 0 Å². The molecule has 2 atom stereocenters. The van der Waals surface area contributed by atoms with Crippen LogP contribution in [0.2, 0.25) is 0 Å². The summed E-state index contributed by atoms with van der Waals surface area (Å²) in [6.07, 6.45) is 8.03. The molecule has 2 unspecified atom stereocenters. The first-order valence-electron chi connectivity index (χ1n) is 8.43. The van der Waals surface area contributed by atoms with Crippen molar-refractivity contribution in [2.75, 3.05) is 6.54 Å². The molecule has 3 heteroatoms. The van der Waals surface area contributed by atoms with Crippen LogP contribution in [0.25, 0.3) is 0 Å². The van der Waals surface area contributed by atoms with Crippen molar-refractivity contribution in [2.24, 2.45) is 29.1 Å². The van der Waals surface area contributed by atoms with Gasteiger partial charge >= 0.3 is 0 Å². The van der Waals surface area contributed by atoms with E-state index in [0.29, 0.717) is 18.4 Å². The van der Waals surface area contributed by atoms with Gasteiger partial charge < -0.3 is 10.4 Å². The van der Waals surface area contributed by atoms with Crippen LogP contribution in [0.1, 0.15) is 58.8 Å². The molecule has 0 spiro atoms. The van der Waals surface area contributed by atoms with Crippen molar-refractivity contribution in [1.29, 1.82) is 0 Å². The van der Waals surface area contributed by atoms with Crippen LogP contribution in [0.15, 0.2) is 0 Å². The molecule has 0 aromatic carbocycles. The summed E-state index contributed by atoms with van der Waals surface area (Å²) in [6.45, 7) is 4.63. The second kappa shape index (κ2) is 5.32. The van der Waals surface area contributed by atoms with Gasteiger partial charge in [0, 0.05) is 12.0 Å². The third-order valence-corrected chi connectivity index (χ3v) is 5.87. The van der Waals surface area contributed by atoms with Crippen molar-refractivity contribution in [3.63, 3.8) is 0 Å². The Labute approximate surface area is 122 Å². The summed E-state index contributed by atoms with van der Waals surface area (Å²) in [5.74, 6) is 3.13. The standard InChI is InChI=1S/C17H29NO2/c1-11(3-12(2)19)10-18-16(20)17-7-13-4-14(8-17)6-15(5-13)9-17/h11-15,19H,3-10H2,1-2H3,(H,18,20). The topological polar surface area (TPSA) is 49.3 Å². The highest BCUT2D eigenvalue weighted by Crippen LogP contribution is 2.60. The second-order valence-electron chi connectivity index (χ2n) is 8.10. The molecule has 4 fully saturated rings. The first-order valence-corrected chi connectivity index (χ1v) is 8.43. The van der Waals surface area contributed by atoms with E-state index in [-0.39, 0.29) is 11.5 Å². The van der Waals surface area contributed by atoms with E-state index >= 15 is 0 Å².